The molecular weight excluding hydrogens is 242 g/mol. The maximum Gasteiger partial charge on any atom is 0.274 e. The normalized spacial score (nSPS) is 17.2. The molecule has 0 radical (unpaired) electrons. The van der Waals surface area contributed by atoms with Gasteiger partial charge >= 0.3 is 0 Å². The number of rotatable bonds is 3. The fourth-order valence-electron chi connectivity index (χ4n) is 1.80. The SMILES string of the molecule is O=[N+]([O-])/C=C1\NCCN1Cc1cccc(Cl)c1. The van der Waals surface area contributed by atoms with E-state index in [2.05, 4.69) is 5.32 Å². The zero-order chi connectivity index (χ0) is 12.3. The molecule has 0 aromatic heterocycles. The molecule has 1 aliphatic heterocycles. The van der Waals surface area contributed by atoms with Gasteiger partial charge in [-0.05, 0) is 17.7 Å². The second-order valence-electron chi connectivity index (χ2n) is 3.78. The van der Waals surface area contributed by atoms with E-state index in [4.69, 9.17) is 11.6 Å². The van der Waals surface area contributed by atoms with Crippen LogP contribution in [0.25, 0.3) is 0 Å². The van der Waals surface area contributed by atoms with Crippen molar-refractivity contribution in [2.45, 2.75) is 6.54 Å². The van der Waals surface area contributed by atoms with Gasteiger partial charge in [0.1, 0.15) is 0 Å². The molecule has 1 heterocycles. The molecule has 5 nitrogen and oxygen atoms in total. The summed E-state index contributed by atoms with van der Waals surface area (Å²) in [6, 6.07) is 7.50. The molecule has 2 rings (SSSR count). The molecule has 1 aromatic rings. The van der Waals surface area contributed by atoms with Crippen molar-refractivity contribution in [3.8, 4) is 0 Å². The fourth-order valence-corrected chi connectivity index (χ4v) is 2.01. The number of nitro groups is 1. The monoisotopic (exact) mass is 253 g/mol. The average molecular weight is 254 g/mol. The third-order valence-corrected chi connectivity index (χ3v) is 2.75. The summed E-state index contributed by atoms with van der Waals surface area (Å²) in [5.74, 6) is 0.551. The minimum atomic E-state index is -0.446. The highest BCUT2D eigenvalue weighted by molar-refractivity contribution is 6.30. The molecule has 1 N–H and O–H groups in total. The van der Waals surface area contributed by atoms with Gasteiger partial charge in [-0.1, -0.05) is 23.7 Å². The van der Waals surface area contributed by atoms with E-state index >= 15 is 0 Å². The molecule has 1 aromatic carbocycles. The summed E-state index contributed by atoms with van der Waals surface area (Å²) in [6.07, 6.45) is 0.998. The van der Waals surface area contributed by atoms with Crippen LogP contribution in [-0.4, -0.2) is 22.9 Å². The van der Waals surface area contributed by atoms with E-state index in [0.29, 0.717) is 17.4 Å². The predicted molar refractivity (Wildman–Crippen MR) is 64.9 cm³/mol. The molecule has 1 aliphatic rings. The predicted octanol–water partition coefficient (Wildman–Crippen LogP) is 1.82. The summed E-state index contributed by atoms with van der Waals surface area (Å²) in [6.45, 7) is 2.10. The number of hydrogen-bond acceptors (Lipinski definition) is 4. The Balaban J connectivity index is 2.10. The largest absolute Gasteiger partial charge is 0.365 e. The summed E-state index contributed by atoms with van der Waals surface area (Å²) in [5.41, 5.74) is 1.04. The molecule has 6 heteroatoms. The van der Waals surface area contributed by atoms with Crippen molar-refractivity contribution in [2.75, 3.05) is 13.1 Å². The number of halogens is 1. The van der Waals surface area contributed by atoms with Crippen LogP contribution < -0.4 is 5.32 Å². The van der Waals surface area contributed by atoms with Crippen LogP contribution in [0.5, 0.6) is 0 Å². The standard InChI is InChI=1S/C11H12ClN3O2/c12-10-3-1-2-9(6-10)7-14-5-4-13-11(14)8-15(16)17/h1-3,6,8,13H,4-5,7H2/b11-8+. The van der Waals surface area contributed by atoms with Crippen LogP contribution in [0.2, 0.25) is 5.02 Å². The van der Waals surface area contributed by atoms with Crippen molar-refractivity contribution in [1.82, 2.24) is 10.2 Å². The molecule has 0 unspecified atom stereocenters. The Morgan fingerprint density at radius 3 is 3.12 bits per heavy atom. The molecule has 90 valence electrons. The third-order valence-electron chi connectivity index (χ3n) is 2.52. The van der Waals surface area contributed by atoms with Gasteiger partial charge in [0.05, 0.1) is 4.92 Å². The first-order valence-corrected chi connectivity index (χ1v) is 5.61. The third kappa shape index (κ3) is 3.10. The number of hydrogen-bond donors (Lipinski definition) is 1. The van der Waals surface area contributed by atoms with E-state index in [9.17, 15) is 10.1 Å². The topological polar surface area (TPSA) is 58.4 Å². The minimum absolute atomic E-state index is 0.446. The second kappa shape index (κ2) is 5.05. The Hall–Kier alpha value is -1.75. The summed E-state index contributed by atoms with van der Waals surface area (Å²) < 4.78 is 0. The van der Waals surface area contributed by atoms with Gasteiger partial charge in [-0.15, -0.1) is 0 Å². The van der Waals surface area contributed by atoms with Gasteiger partial charge in [0, 0.05) is 24.7 Å². The molecule has 17 heavy (non-hydrogen) atoms. The van der Waals surface area contributed by atoms with Crippen molar-refractivity contribution < 1.29 is 4.92 Å². The van der Waals surface area contributed by atoms with E-state index in [0.717, 1.165) is 24.9 Å². The highest BCUT2D eigenvalue weighted by Gasteiger charge is 2.19. The van der Waals surface area contributed by atoms with Gasteiger partial charge in [0.2, 0.25) is 0 Å². The lowest BCUT2D eigenvalue weighted by Gasteiger charge is -2.17. The highest BCUT2D eigenvalue weighted by Crippen LogP contribution is 2.16. The lowest BCUT2D eigenvalue weighted by atomic mass is 10.2. The Kier molecular flexibility index (Phi) is 3.49. The van der Waals surface area contributed by atoms with Gasteiger partial charge in [-0.3, -0.25) is 10.1 Å². The number of nitrogens with one attached hydrogen (secondary N) is 1. The summed E-state index contributed by atoms with van der Waals surface area (Å²) >= 11 is 5.89. The molecule has 0 bridgehead atoms. The first-order chi connectivity index (χ1) is 8.15. The van der Waals surface area contributed by atoms with E-state index in [-0.39, 0.29) is 0 Å². The Morgan fingerprint density at radius 1 is 1.59 bits per heavy atom. The van der Waals surface area contributed by atoms with Crippen LogP contribution in [-0.2, 0) is 6.54 Å². The molecule has 0 aliphatic carbocycles. The van der Waals surface area contributed by atoms with Crippen molar-refractivity contribution in [1.29, 1.82) is 0 Å². The average Bonchev–Trinajstić information content (AvgIpc) is 2.65. The Morgan fingerprint density at radius 2 is 2.41 bits per heavy atom. The zero-order valence-corrected chi connectivity index (χ0v) is 9.85. The fraction of sp³-hybridized carbons (Fsp3) is 0.273. The smallest absolute Gasteiger partial charge is 0.274 e. The number of nitrogens with zero attached hydrogens (tertiary/aromatic N) is 2. The van der Waals surface area contributed by atoms with Crippen LogP contribution >= 0.6 is 11.6 Å². The summed E-state index contributed by atoms with van der Waals surface area (Å²) in [5, 5.41) is 14.1. The van der Waals surface area contributed by atoms with Crippen molar-refractivity contribution in [3.63, 3.8) is 0 Å². The molecule has 0 spiro atoms. The quantitative estimate of drug-likeness (QED) is 0.659. The van der Waals surface area contributed by atoms with Gasteiger partial charge < -0.3 is 10.2 Å². The van der Waals surface area contributed by atoms with Crippen LogP contribution in [0, 0.1) is 10.1 Å². The van der Waals surface area contributed by atoms with Gasteiger partial charge in [-0.25, -0.2) is 0 Å². The van der Waals surface area contributed by atoms with E-state index in [1.54, 1.807) is 6.07 Å². The number of benzene rings is 1. The van der Waals surface area contributed by atoms with Crippen LogP contribution in [0.4, 0.5) is 0 Å². The summed E-state index contributed by atoms with van der Waals surface area (Å²) in [4.78, 5) is 11.9. The zero-order valence-electron chi connectivity index (χ0n) is 9.10. The van der Waals surface area contributed by atoms with E-state index in [1.165, 1.54) is 0 Å². The molecule has 1 saturated heterocycles. The molecular formula is C11H12ClN3O2. The molecule has 0 saturated carbocycles. The highest BCUT2D eigenvalue weighted by atomic mass is 35.5. The Bertz CT molecular complexity index is 462. The maximum atomic E-state index is 10.4. The van der Waals surface area contributed by atoms with Gasteiger partial charge in [0.25, 0.3) is 6.20 Å². The van der Waals surface area contributed by atoms with Crippen LogP contribution in [0.1, 0.15) is 5.56 Å². The van der Waals surface area contributed by atoms with E-state index < -0.39 is 4.92 Å². The van der Waals surface area contributed by atoms with Crippen molar-refractivity contribution in [3.05, 3.63) is 57.0 Å². The van der Waals surface area contributed by atoms with Crippen LogP contribution in [0.3, 0.4) is 0 Å². The first kappa shape index (κ1) is 11.7. The molecule has 0 amide bonds. The lowest BCUT2D eigenvalue weighted by Crippen LogP contribution is -2.20. The lowest BCUT2D eigenvalue weighted by molar-refractivity contribution is -0.404. The van der Waals surface area contributed by atoms with Crippen molar-refractivity contribution >= 4 is 11.6 Å². The van der Waals surface area contributed by atoms with Crippen LogP contribution in [0.15, 0.2) is 36.3 Å². The van der Waals surface area contributed by atoms with Gasteiger partial charge in [0.15, 0.2) is 5.82 Å². The Labute approximate surface area is 104 Å². The van der Waals surface area contributed by atoms with Gasteiger partial charge in [-0.2, -0.15) is 0 Å². The summed E-state index contributed by atoms with van der Waals surface area (Å²) in [7, 11) is 0. The second-order valence-corrected chi connectivity index (χ2v) is 4.21. The minimum Gasteiger partial charge on any atom is -0.365 e. The molecule has 1 fully saturated rings. The van der Waals surface area contributed by atoms with Crippen molar-refractivity contribution in [2.24, 2.45) is 0 Å². The maximum absolute atomic E-state index is 10.4. The van der Waals surface area contributed by atoms with E-state index in [1.807, 2.05) is 23.1 Å². The molecule has 0 atom stereocenters. The first-order valence-electron chi connectivity index (χ1n) is 5.24.